The Morgan fingerprint density at radius 1 is 1.06 bits per heavy atom. The van der Waals surface area contributed by atoms with Crippen LogP contribution in [0.2, 0.25) is 0 Å². The van der Waals surface area contributed by atoms with E-state index in [2.05, 4.69) is 5.10 Å². The molecule has 0 aliphatic heterocycles. The zero-order chi connectivity index (χ0) is 12.5. The van der Waals surface area contributed by atoms with Crippen LogP contribution in [0.4, 0.5) is 0 Å². The minimum atomic E-state index is -0.0116. The first-order chi connectivity index (χ1) is 8.79. The van der Waals surface area contributed by atoms with Crippen LogP contribution in [0, 0.1) is 0 Å². The van der Waals surface area contributed by atoms with Gasteiger partial charge in [-0.05, 0) is 42.7 Å². The zero-order valence-electron chi connectivity index (χ0n) is 9.88. The maximum atomic E-state index is 12.2. The molecule has 0 radical (unpaired) electrons. The average molecular weight is 256 g/mol. The molecule has 0 unspecified atom stereocenters. The van der Waals surface area contributed by atoms with E-state index in [0.29, 0.717) is 5.39 Å². The lowest BCUT2D eigenvalue weighted by molar-refractivity contribution is 0.862. The largest absolute Gasteiger partial charge is 0.290 e. The molecule has 0 bridgehead atoms. The van der Waals surface area contributed by atoms with Crippen molar-refractivity contribution in [1.82, 2.24) is 9.78 Å². The van der Waals surface area contributed by atoms with E-state index in [-0.39, 0.29) is 5.56 Å². The van der Waals surface area contributed by atoms with Crippen LogP contribution in [0.3, 0.4) is 0 Å². The Morgan fingerprint density at radius 2 is 1.78 bits per heavy atom. The first-order valence-corrected chi connectivity index (χ1v) is 6.86. The molecule has 0 aliphatic carbocycles. The van der Waals surface area contributed by atoms with Crippen LogP contribution in [-0.4, -0.2) is 16.0 Å². The Morgan fingerprint density at radius 3 is 2.44 bits per heavy atom. The fourth-order valence-electron chi connectivity index (χ4n) is 1.97. The number of nitrogens with one attached hydrogen (secondary N) is 1. The van der Waals surface area contributed by atoms with Crippen LogP contribution in [0.25, 0.3) is 16.6 Å². The van der Waals surface area contributed by atoms with Crippen molar-refractivity contribution >= 4 is 22.7 Å². The van der Waals surface area contributed by atoms with Gasteiger partial charge in [-0.25, -0.2) is 4.68 Å². The van der Waals surface area contributed by atoms with Gasteiger partial charge in [0.2, 0.25) is 0 Å². The number of fused-ring (bicyclic) bond motifs is 1. The molecule has 3 aromatic rings. The van der Waals surface area contributed by atoms with Crippen LogP contribution in [-0.2, 0) is 0 Å². The average Bonchev–Trinajstić information content (AvgIpc) is 2.77. The molecule has 1 heterocycles. The zero-order valence-corrected chi connectivity index (χ0v) is 10.7. The summed E-state index contributed by atoms with van der Waals surface area (Å²) in [4.78, 5) is 13.4. The van der Waals surface area contributed by atoms with Crippen LogP contribution >= 0.6 is 11.8 Å². The quantitative estimate of drug-likeness (QED) is 0.716. The van der Waals surface area contributed by atoms with Gasteiger partial charge in [0.15, 0.2) is 0 Å². The van der Waals surface area contributed by atoms with Crippen molar-refractivity contribution in [3.8, 4) is 5.69 Å². The van der Waals surface area contributed by atoms with Crippen molar-refractivity contribution in [2.45, 2.75) is 4.90 Å². The highest BCUT2D eigenvalue weighted by atomic mass is 32.2. The summed E-state index contributed by atoms with van der Waals surface area (Å²) in [7, 11) is 0. The van der Waals surface area contributed by atoms with Gasteiger partial charge in [0.25, 0.3) is 5.56 Å². The van der Waals surface area contributed by atoms with Crippen LogP contribution in [0.5, 0.6) is 0 Å². The minimum Gasteiger partial charge on any atom is -0.290 e. The van der Waals surface area contributed by atoms with E-state index in [9.17, 15) is 4.79 Å². The number of aromatic amines is 1. The SMILES string of the molecule is CSc1ccc(-n2[nH]c3ccccc3c2=O)cc1. The normalized spacial score (nSPS) is 10.9. The van der Waals surface area contributed by atoms with Gasteiger partial charge in [-0.15, -0.1) is 11.8 Å². The molecular weight excluding hydrogens is 244 g/mol. The highest BCUT2D eigenvalue weighted by Crippen LogP contribution is 2.17. The minimum absolute atomic E-state index is 0.0116. The predicted molar refractivity (Wildman–Crippen MR) is 75.7 cm³/mol. The lowest BCUT2D eigenvalue weighted by atomic mass is 10.2. The first-order valence-electron chi connectivity index (χ1n) is 5.64. The maximum Gasteiger partial charge on any atom is 0.279 e. The molecule has 4 heteroatoms. The summed E-state index contributed by atoms with van der Waals surface area (Å²) in [6.07, 6.45) is 2.03. The molecule has 2 aromatic carbocycles. The molecule has 0 spiro atoms. The van der Waals surface area contributed by atoms with Crippen molar-refractivity contribution in [3.63, 3.8) is 0 Å². The molecule has 1 aromatic heterocycles. The molecule has 18 heavy (non-hydrogen) atoms. The molecular formula is C14H12N2OS. The summed E-state index contributed by atoms with van der Waals surface area (Å²) < 4.78 is 1.58. The van der Waals surface area contributed by atoms with Gasteiger partial charge in [0.1, 0.15) is 0 Å². The number of hydrogen-bond donors (Lipinski definition) is 1. The second kappa shape index (κ2) is 4.38. The number of rotatable bonds is 2. The standard InChI is InChI=1S/C14H12N2OS/c1-18-11-8-6-10(7-9-11)16-14(17)12-4-2-3-5-13(12)15-16/h2-9,15H,1H3. The second-order valence-electron chi connectivity index (χ2n) is 4.00. The fraction of sp³-hybridized carbons (Fsp3) is 0.0714. The van der Waals surface area contributed by atoms with Crippen LogP contribution in [0.15, 0.2) is 58.2 Å². The third-order valence-electron chi connectivity index (χ3n) is 2.92. The molecule has 1 N–H and O–H groups in total. The summed E-state index contributed by atoms with van der Waals surface area (Å²) >= 11 is 1.68. The molecule has 3 rings (SSSR count). The van der Waals surface area contributed by atoms with Crippen molar-refractivity contribution in [1.29, 1.82) is 0 Å². The first kappa shape index (κ1) is 11.2. The van der Waals surface area contributed by atoms with E-state index in [4.69, 9.17) is 0 Å². The molecule has 0 saturated heterocycles. The lowest BCUT2D eigenvalue weighted by Gasteiger charge is -2.02. The van der Waals surface area contributed by atoms with Gasteiger partial charge >= 0.3 is 0 Å². The van der Waals surface area contributed by atoms with Crippen LogP contribution in [0.1, 0.15) is 0 Å². The molecule has 0 atom stereocenters. The number of nitrogens with zero attached hydrogens (tertiary/aromatic N) is 1. The van der Waals surface area contributed by atoms with Gasteiger partial charge in [-0.3, -0.25) is 9.89 Å². The highest BCUT2D eigenvalue weighted by Gasteiger charge is 2.06. The van der Waals surface area contributed by atoms with Gasteiger partial charge in [0, 0.05) is 4.90 Å². The van der Waals surface area contributed by atoms with E-state index in [1.807, 2.05) is 54.8 Å². The number of hydrogen-bond acceptors (Lipinski definition) is 2. The monoisotopic (exact) mass is 256 g/mol. The van der Waals surface area contributed by atoms with Crippen molar-refractivity contribution in [2.24, 2.45) is 0 Å². The summed E-state index contributed by atoms with van der Waals surface area (Å²) in [5.41, 5.74) is 1.70. The molecule has 0 saturated carbocycles. The Balaban J connectivity index is 2.18. The maximum absolute atomic E-state index is 12.2. The van der Waals surface area contributed by atoms with Crippen molar-refractivity contribution in [3.05, 3.63) is 58.9 Å². The van der Waals surface area contributed by atoms with Crippen LogP contribution < -0.4 is 5.56 Å². The number of aromatic nitrogens is 2. The third kappa shape index (κ3) is 1.75. The summed E-state index contributed by atoms with van der Waals surface area (Å²) in [5.74, 6) is 0. The molecule has 0 amide bonds. The highest BCUT2D eigenvalue weighted by molar-refractivity contribution is 7.98. The number of thioether (sulfide) groups is 1. The summed E-state index contributed by atoms with van der Waals surface area (Å²) in [6, 6.07) is 15.4. The van der Waals surface area contributed by atoms with E-state index in [0.717, 1.165) is 11.2 Å². The van der Waals surface area contributed by atoms with Gasteiger partial charge in [-0.2, -0.15) is 0 Å². The van der Waals surface area contributed by atoms with E-state index in [1.165, 1.54) is 4.90 Å². The third-order valence-corrected chi connectivity index (χ3v) is 3.67. The molecule has 0 fully saturated rings. The smallest absolute Gasteiger partial charge is 0.279 e. The molecule has 3 nitrogen and oxygen atoms in total. The van der Waals surface area contributed by atoms with Gasteiger partial charge < -0.3 is 0 Å². The predicted octanol–water partition coefficient (Wildman–Crippen LogP) is 3.04. The fourth-order valence-corrected chi connectivity index (χ4v) is 2.38. The summed E-state index contributed by atoms with van der Waals surface area (Å²) in [6.45, 7) is 0. The van der Waals surface area contributed by atoms with Gasteiger partial charge in [-0.1, -0.05) is 12.1 Å². The Hall–Kier alpha value is -1.94. The Kier molecular flexibility index (Phi) is 2.72. The Labute approximate surface area is 108 Å². The summed E-state index contributed by atoms with van der Waals surface area (Å²) in [5, 5.41) is 3.83. The molecule has 90 valence electrons. The Bertz CT molecular complexity index is 740. The van der Waals surface area contributed by atoms with Gasteiger partial charge in [0.05, 0.1) is 16.6 Å². The molecule has 0 aliphatic rings. The lowest BCUT2D eigenvalue weighted by Crippen LogP contribution is -2.13. The second-order valence-corrected chi connectivity index (χ2v) is 4.88. The van der Waals surface area contributed by atoms with E-state index >= 15 is 0 Å². The number of benzene rings is 2. The number of para-hydroxylation sites is 1. The van der Waals surface area contributed by atoms with E-state index < -0.39 is 0 Å². The number of H-pyrrole nitrogens is 1. The van der Waals surface area contributed by atoms with Crippen molar-refractivity contribution < 1.29 is 0 Å². The van der Waals surface area contributed by atoms with Crippen molar-refractivity contribution in [2.75, 3.05) is 6.26 Å². The van der Waals surface area contributed by atoms with E-state index in [1.54, 1.807) is 16.4 Å². The topological polar surface area (TPSA) is 37.8 Å².